The Morgan fingerprint density at radius 2 is 1.63 bits per heavy atom. The van der Waals surface area contributed by atoms with Gasteiger partial charge >= 0.3 is 0 Å². The number of aromatic nitrogens is 2. The Morgan fingerprint density at radius 3 is 2.33 bits per heavy atom. The number of methoxy groups -OCH3 is 2. The summed E-state index contributed by atoms with van der Waals surface area (Å²) in [6, 6.07) is 11.3. The fourth-order valence-electron chi connectivity index (χ4n) is 2.74. The van der Waals surface area contributed by atoms with Crippen molar-refractivity contribution in [3.63, 3.8) is 0 Å². The van der Waals surface area contributed by atoms with Crippen molar-refractivity contribution < 1.29 is 18.9 Å². The van der Waals surface area contributed by atoms with Gasteiger partial charge in [-0.1, -0.05) is 23.7 Å². The lowest BCUT2D eigenvalue weighted by molar-refractivity contribution is 0.132. The summed E-state index contributed by atoms with van der Waals surface area (Å²) in [5.74, 6) is 1.80. The molecule has 2 N–H and O–H groups in total. The number of nitrogens with zero attached hydrogens (tertiary/aromatic N) is 2. The van der Waals surface area contributed by atoms with Gasteiger partial charge in [0.25, 0.3) is 0 Å². The Labute approximate surface area is 180 Å². The quantitative estimate of drug-likeness (QED) is 0.332. The molecule has 8 nitrogen and oxygen atoms in total. The largest absolute Gasteiger partial charge is 0.487 e. The van der Waals surface area contributed by atoms with Gasteiger partial charge in [0.1, 0.15) is 19.5 Å². The fourth-order valence-corrected chi connectivity index (χ4v) is 2.95. The van der Waals surface area contributed by atoms with Crippen molar-refractivity contribution >= 4 is 28.3 Å². The Kier molecular flexibility index (Phi) is 8.46. The molecule has 0 unspecified atom stereocenters. The molecular formula is C21H25ClN4O4. The molecule has 0 fully saturated rings. The predicted molar refractivity (Wildman–Crippen MR) is 116 cm³/mol. The zero-order chi connectivity index (χ0) is 21.2. The first-order valence-electron chi connectivity index (χ1n) is 9.47. The van der Waals surface area contributed by atoms with Crippen LogP contribution in [-0.2, 0) is 16.0 Å². The standard InChI is InChI=1S/C21H25ClN4O4/c1-27-6-8-29-19-11-17-18(12-20(19)30-9-7-28-2)23-14-24-21(17)26-25-13-15-4-3-5-16(22)10-15/h3-5,10-12,14,25H,6-9,13H2,1-2H3,(H,23,24,26). The Balaban J connectivity index is 1.79. The number of hydrogen-bond acceptors (Lipinski definition) is 8. The second kappa shape index (κ2) is 11.5. The zero-order valence-corrected chi connectivity index (χ0v) is 17.7. The first-order chi connectivity index (χ1) is 14.7. The highest BCUT2D eigenvalue weighted by atomic mass is 35.5. The first kappa shape index (κ1) is 22.0. The number of anilines is 1. The van der Waals surface area contributed by atoms with E-state index in [1.165, 1.54) is 6.33 Å². The Bertz CT molecular complexity index is 957. The van der Waals surface area contributed by atoms with E-state index < -0.39 is 0 Å². The van der Waals surface area contributed by atoms with Gasteiger partial charge in [-0.3, -0.25) is 0 Å². The second-order valence-corrected chi connectivity index (χ2v) is 6.77. The summed E-state index contributed by atoms with van der Waals surface area (Å²) < 4.78 is 21.8. The number of nitrogens with one attached hydrogen (secondary N) is 2. The average molecular weight is 433 g/mol. The molecule has 9 heteroatoms. The van der Waals surface area contributed by atoms with Gasteiger partial charge in [-0.15, -0.1) is 0 Å². The van der Waals surface area contributed by atoms with Gasteiger partial charge in [0, 0.05) is 37.2 Å². The third-order valence-corrected chi connectivity index (χ3v) is 4.41. The summed E-state index contributed by atoms with van der Waals surface area (Å²) in [4.78, 5) is 8.70. The maximum Gasteiger partial charge on any atom is 0.163 e. The van der Waals surface area contributed by atoms with Crippen molar-refractivity contribution in [1.29, 1.82) is 0 Å². The molecule has 160 valence electrons. The van der Waals surface area contributed by atoms with Crippen molar-refractivity contribution in [1.82, 2.24) is 15.4 Å². The van der Waals surface area contributed by atoms with Crippen LogP contribution in [0.15, 0.2) is 42.7 Å². The van der Waals surface area contributed by atoms with E-state index in [0.29, 0.717) is 55.3 Å². The van der Waals surface area contributed by atoms with Crippen LogP contribution in [0.4, 0.5) is 5.82 Å². The van der Waals surface area contributed by atoms with Crippen molar-refractivity contribution in [3.05, 3.63) is 53.3 Å². The van der Waals surface area contributed by atoms with Crippen LogP contribution in [0.3, 0.4) is 0 Å². The Hall–Kier alpha value is -2.65. The molecule has 0 spiro atoms. The zero-order valence-electron chi connectivity index (χ0n) is 17.0. The number of rotatable bonds is 12. The van der Waals surface area contributed by atoms with Crippen molar-refractivity contribution in [2.24, 2.45) is 0 Å². The van der Waals surface area contributed by atoms with Crippen molar-refractivity contribution in [3.8, 4) is 11.5 Å². The van der Waals surface area contributed by atoms with Gasteiger partial charge in [0.05, 0.1) is 18.7 Å². The number of hydrazine groups is 1. The van der Waals surface area contributed by atoms with Crippen molar-refractivity contribution in [2.75, 3.05) is 46.1 Å². The lowest BCUT2D eigenvalue weighted by atomic mass is 10.2. The van der Waals surface area contributed by atoms with Gasteiger partial charge < -0.3 is 24.4 Å². The number of fused-ring (bicyclic) bond motifs is 1. The molecule has 0 saturated heterocycles. The van der Waals surface area contributed by atoms with E-state index in [1.807, 2.05) is 36.4 Å². The summed E-state index contributed by atoms with van der Waals surface area (Å²) in [6.07, 6.45) is 1.50. The lowest BCUT2D eigenvalue weighted by Gasteiger charge is -2.15. The molecule has 1 heterocycles. The van der Waals surface area contributed by atoms with Gasteiger partial charge in [-0.2, -0.15) is 0 Å². The molecule has 0 aliphatic carbocycles. The van der Waals surface area contributed by atoms with Crippen LogP contribution in [-0.4, -0.2) is 50.6 Å². The average Bonchev–Trinajstić information content (AvgIpc) is 2.74. The van der Waals surface area contributed by atoms with Crippen LogP contribution in [0.5, 0.6) is 11.5 Å². The van der Waals surface area contributed by atoms with Crippen LogP contribution in [0.1, 0.15) is 5.56 Å². The summed E-state index contributed by atoms with van der Waals surface area (Å²) >= 11 is 6.04. The molecule has 0 saturated carbocycles. The summed E-state index contributed by atoms with van der Waals surface area (Å²) in [7, 11) is 3.25. The summed E-state index contributed by atoms with van der Waals surface area (Å²) in [5, 5.41) is 1.49. The molecule has 0 radical (unpaired) electrons. The van der Waals surface area contributed by atoms with Crippen LogP contribution in [0, 0.1) is 0 Å². The minimum Gasteiger partial charge on any atom is -0.487 e. The van der Waals surface area contributed by atoms with E-state index in [-0.39, 0.29) is 0 Å². The lowest BCUT2D eigenvalue weighted by Crippen LogP contribution is -2.22. The predicted octanol–water partition coefficient (Wildman–Crippen LogP) is 3.45. The van der Waals surface area contributed by atoms with Gasteiger partial charge in [0.2, 0.25) is 0 Å². The molecule has 3 aromatic rings. The molecule has 0 aliphatic heterocycles. The SMILES string of the molecule is COCCOc1cc2ncnc(NNCc3cccc(Cl)c3)c2cc1OCCOC. The minimum absolute atomic E-state index is 0.395. The monoisotopic (exact) mass is 432 g/mol. The van der Waals surface area contributed by atoms with E-state index in [4.69, 9.17) is 30.5 Å². The highest BCUT2D eigenvalue weighted by Gasteiger charge is 2.12. The molecule has 2 aromatic carbocycles. The topological polar surface area (TPSA) is 86.8 Å². The maximum atomic E-state index is 6.04. The molecule has 3 rings (SSSR count). The normalized spacial score (nSPS) is 10.9. The third-order valence-electron chi connectivity index (χ3n) is 4.18. The van der Waals surface area contributed by atoms with Crippen molar-refractivity contribution in [2.45, 2.75) is 6.54 Å². The number of benzene rings is 2. The van der Waals surface area contributed by atoms with E-state index in [2.05, 4.69) is 20.8 Å². The molecule has 0 amide bonds. The molecular weight excluding hydrogens is 408 g/mol. The number of halogens is 1. The first-order valence-corrected chi connectivity index (χ1v) is 9.84. The van der Waals surface area contributed by atoms with Gasteiger partial charge in [0.15, 0.2) is 17.3 Å². The van der Waals surface area contributed by atoms with E-state index in [9.17, 15) is 0 Å². The van der Waals surface area contributed by atoms with Crippen LogP contribution in [0.2, 0.25) is 5.02 Å². The minimum atomic E-state index is 0.395. The molecule has 1 aromatic heterocycles. The number of ether oxygens (including phenoxy) is 4. The third kappa shape index (κ3) is 6.17. The van der Waals surface area contributed by atoms with Gasteiger partial charge in [-0.05, 0) is 23.8 Å². The second-order valence-electron chi connectivity index (χ2n) is 6.33. The maximum absolute atomic E-state index is 6.04. The van der Waals surface area contributed by atoms with Crippen LogP contribution >= 0.6 is 11.6 Å². The highest BCUT2D eigenvalue weighted by Crippen LogP contribution is 2.34. The summed E-state index contributed by atoms with van der Waals surface area (Å²) in [5.41, 5.74) is 8.07. The Morgan fingerprint density at radius 1 is 0.900 bits per heavy atom. The summed E-state index contributed by atoms with van der Waals surface area (Å²) in [6.45, 7) is 2.31. The van der Waals surface area contributed by atoms with E-state index >= 15 is 0 Å². The van der Waals surface area contributed by atoms with Crippen LogP contribution < -0.4 is 20.3 Å². The highest BCUT2D eigenvalue weighted by molar-refractivity contribution is 6.30. The van der Waals surface area contributed by atoms with Gasteiger partial charge in [-0.25, -0.2) is 15.4 Å². The molecule has 30 heavy (non-hydrogen) atoms. The number of hydrogen-bond donors (Lipinski definition) is 2. The fraction of sp³-hybridized carbons (Fsp3) is 0.333. The smallest absolute Gasteiger partial charge is 0.163 e. The molecule has 0 atom stereocenters. The van der Waals surface area contributed by atoms with E-state index in [1.54, 1.807) is 14.2 Å². The molecule has 0 aliphatic rings. The van der Waals surface area contributed by atoms with Crippen LogP contribution in [0.25, 0.3) is 10.9 Å². The molecule has 0 bridgehead atoms. The van der Waals surface area contributed by atoms with E-state index in [0.717, 1.165) is 16.5 Å².